The highest BCUT2D eigenvalue weighted by atomic mass is 16.1. The molecule has 1 heterocycles. The molecule has 2 rings (SSSR count). The molecule has 20 heavy (non-hydrogen) atoms. The van der Waals surface area contributed by atoms with Crippen LogP contribution in [0.4, 0.5) is 17.1 Å². The zero-order valence-corrected chi connectivity index (χ0v) is 12.9. The summed E-state index contributed by atoms with van der Waals surface area (Å²) in [7, 11) is 0. The Labute approximate surface area is 121 Å². The average Bonchev–Trinajstić information content (AvgIpc) is 2.30. The van der Waals surface area contributed by atoms with E-state index in [9.17, 15) is 4.79 Å². The van der Waals surface area contributed by atoms with E-state index in [1.807, 2.05) is 12.1 Å². The Hall–Kier alpha value is -1.71. The molecule has 0 radical (unpaired) electrons. The Balaban J connectivity index is 2.32. The van der Waals surface area contributed by atoms with Crippen LogP contribution in [0, 0.1) is 18.8 Å². The Morgan fingerprint density at radius 3 is 2.45 bits per heavy atom. The quantitative estimate of drug-likeness (QED) is 0.816. The number of anilines is 3. The second-order valence-corrected chi connectivity index (χ2v) is 6.26. The smallest absolute Gasteiger partial charge is 0.221 e. The van der Waals surface area contributed by atoms with Gasteiger partial charge in [-0.05, 0) is 42.9 Å². The maximum Gasteiger partial charge on any atom is 0.221 e. The fourth-order valence-electron chi connectivity index (χ4n) is 3.22. The number of carbonyl (C=O) groups is 1. The first kappa shape index (κ1) is 14.7. The third-order valence-corrected chi connectivity index (χ3v) is 3.89. The average molecular weight is 275 g/mol. The summed E-state index contributed by atoms with van der Waals surface area (Å²) < 4.78 is 0. The van der Waals surface area contributed by atoms with Gasteiger partial charge in [-0.1, -0.05) is 13.8 Å². The third kappa shape index (κ3) is 3.24. The maximum absolute atomic E-state index is 11.3. The van der Waals surface area contributed by atoms with E-state index in [4.69, 9.17) is 5.73 Å². The highest BCUT2D eigenvalue weighted by Crippen LogP contribution is 2.33. The molecule has 4 nitrogen and oxygen atoms in total. The van der Waals surface area contributed by atoms with Crippen LogP contribution in [-0.4, -0.2) is 19.0 Å². The minimum atomic E-state index is -0.0908. The van der Waals surface area contributed by atoms with Crippen molar-refractivity contribution in [2.45, 2.75) is 34.1 Å². The molecule has 1 aliphatic rings. The van der Waals surface area contributed by atoms with Gasteiger partial charge in [0.15, 0.2) is 0 Å². The number of nitrogen functional groups attached to an aromatic ring is 1. The van der Waals surface area contributed by atoms with Crippen molar-refractivity contribution in [3.05, 3.63) is 17.7 Å². The van der Waals surface area contributed by atoms with Crippen LogP contribution in [0.5, 0.6) is 0 Å². The van der Waals surface area contributed by atoms with Gasteiger partial charge in [0.2, 0.25) is 5.91 Å². The van der Waals surface area contributed by atoms with Gasteiger partial charge < -0.3 is 16.0 Å². The largest absolute Gasteiger partial charge is 0.397 e. The lowest BCUT2D eigenvalue weighted by Gasteiger charge is -2.37. The van der Waals surface area contributed by atoms with Gasteiger partial charge in [0, 0.05) is 25.7 Å². The third-order valence-electron chi connectivity index (χ3n) is 3.89. The van der Waals surface area contributed by atoms with E-state index in [-0.39, 0.29) is 5.91 Å². The van der Waals surface area contributed by atoms with Crippen LogP contribution in [0.1, 0.15) is 32.8 Å². The SMILES string of the molecule is CC(=O)Nc1cc(N2C[C@H](C)C[C@@H](C)C2)c(C)cc1N. The number of hydrogen-bond donors (Lipinski definition) is 2. The van der Waals surface area contributed by atoms with E-state index in [2.05, 4.69) is 31.0 Å². The lowest BCUT2D eigenvalue weighted by molar-refractivity contribution is -0.114. The first-order valence-electron chi connectivity index (χ1n) is 7.29. The number of nitrogens with two attached hydrogens (primary N) is 1. The second-order valence-electron chi connectivity index (χ2n) is 6.26. The van der Waals surface area contributed by atoms with Gasteiger partial charge in [0.25, 0.3) is 0 Å². The molecule has 0 aromatic heterocycles. The number of amides is 1. The number of benzene rings is 1. The normalized spacial score (nSPS) is 22.7. The molecule has 0 spiro atoms. The molecule has 1 saturated heterocycles. The predicted octanol–water partition coefficient (Wildman–Crippen LogP) is 3.02. The number of aryl methyl sites for hydroxylation is 1. The minimum absolute atomic E-state index is 0.0908. The lowest BCUT2D eigenvalue weighted by Crippen LogP contribution is -2.39. The van der Waals surface area contributed by atoms with E-state index >= 15 is 0 Å². The first-order chi connectivity index (χ1) is 9.36. The monoisotopic (exact) mass is 275 g/mol. The van der Waals surface area contributed by atoms with E-state index in [0.717, 1.165) is 18.7 Å². The summed E-state index contributed by atoms with van der Waals surface area (Å²) in [5.41, 5.74) is 9.67. The molecular formula is C16H25N3O. The Bertz CT molecular complexity index is 503. The Kier molecular flexibility index (Phi) is 4.21. The molecule has 1 aromatic rings. The van der Waals surface area contributed by atoms with Crippen LogP contribution in [0.2, 0.25) is 0 Å². The predicted molar refractivity (Wildman–Crippen MR) is 85.1 cm³/mol. The van der Waals surface area contributed by atoms with Gasteiger partial charge in [-0.2, -0.15) is 0 Å². The highest BCUT2D eigenvalue weighted by Gasteiger charge is 2.23. The van der Waals surface area contributed by atoms with Crippen LogP contribution in [0.3, 0.4) is 0 Å². The molecule has 4 heteroatoms. The zero-order chi connectivity index (χ0) is 14.9. The van der Waals surface area contributed by atoms with Gasteiger partial charge in [-0.25, -0.2) is 0 Å². The summed E-state index contributed by atoms with van der Waals surface area (Å²) in [5, 5.41) is 2.81. The number of hydrogen-bond acceptors (Lipinski definition) is 3. The Morgan fingerprint density at radius 1 is 1.30 bits per heavy atom. The van der Waals surface area contributed by atoms with Crippen LogP contribution in [-0.2, 0) is 4.79 Å². The van der Waals surface area contributed by atoms with Crippen molar-refractivity contribution < 1.29 is 4.79 Å². The van der Waals surface area contributed by atoms with Crippen molar-refractivity contribution in [3.63, 3.8) is 0 Å². The minimum Gasteiger partial charge on any atom is -0.397 e. The standard InChI is InChI=1S/C16H25N3O/c1-10-5-11(2)9-19(8-10)16-7-15(18-13(4)20)14(17)6-12(16)3/h6-7,10-11H,5,8-9,17H2,1-4H3,(H,18,20)/t10-,11-/m1/s1. The summed E-state index contributed by atoms with van der Waals surface area (Å²) in [6.07, 6.45) is 1.28. The number of rotatable bonds is 2. The lowest BCUT2D eigenvalue weighted by atomic mass is 9.91. The van der Waals surface area contributed by atoms with Gasteiger partial charge in [-0.15, -0.1) is 0 Å². The fourth-order valence-corrected chi connectivity index (χ4v) is 3.22. The number of nitrogens with zero attached hydrogens (tertiary/aromatic N) is 1. The van der Waals surface area contributed by atoms with Crippen molar-refractivity contribution in [3.8, 4) is 0 Å². The number of carbonyl (C=O) groups excluding carboxylic acids is 1. The Morgan fingerprint density at radius 2 is 1.90 bits per heavy atom. The van der Waals surface area contributed by atoms with Crippen molar-refractivity contribution in [2.24, 2.45) is 11.8 Å². The fraction of sp³-hybridized carbons (Fsp3) is 0.562. The van der Waals surface area contributed by atoms with Crippen LogP contribution in [0.15, 0.2) is 12.1 Å². The van der Waals surface area contributed by atoms with Crippen molar-refractivity contribution in [1.82, 2.24) is 0 Å². The summed E-state index contributed by atoms with van der Waals surface area (Å²) in [6, 6.07) is 3.96. The molecule has 1 fully saturated rings. The van der Waals surface area contributed by atoms with Gasteiger partial charge >= 0.3 is 0 Å². The van der Waals surface area contributed by atoms with Gasteiger partial charge in [0.05, 0.1) is 11.4 Å². The number of nitrogens with one attached hydrogen (secondary N) is 1. The van der Waals surface area contributed by atoms with E-state index in [1.54, 1.807) is 0 Å². The van der Waals surface area contributed by atoms with Crippen molar-refractivity contribution in [1.29, 1.82) is 0 Å². The first-order valence-corrected chi connectivity index (χ1v) is 7.29. The molecule has 0 unspecified atom stereocenters. The van der Waals surface area contributed by atoms with E-state index in [1.165, 1.54) is 19.0 Å². The van der Waals surface area contributed by atoms with Crippen LogP contribution in [0.25, 0.3) is 0 Å². The second kappa shape index (κ2) is 5.73. The molecule has 1 aliphatic heterocycles. The molecule has 1 aromatic carbocycles. The van der Waals surface area contributed by atoms with Crippen LogP contribution < -0.4 is 16.0 Å². The molecule has 0 bridgehead atoms. The molecule has 0 aliphatic carbocycles. The van der Waals surface area contributed by atoms with Crippen molar-refractivity contribution >= 4 is 23.0 Å². The molecule has 1 amide bonds. The van der Waals surface area contributed by atoms with E-state index in [0.29, 0.717) is 23.2 Å². The van der Waals surface area contributed by atoms with Gasteiger partial charge in [0.1, 0.15) is 0 Å². The summed E-state index contributed by atoms with van der Waals surface area (Å²) in [5.74, 6) is 1.30. The summed E-state index contributed by atoms with van der Waals surface area (Å²) in [6.45, 7) is 10.3. The van der Waals surface area contributed by atoms with E-state index < -0.39 is 0 Å². The van der Waals surface area contributed by atoms with Crippen LogP contribution >= 0.6 is 0 Å². The molecule has 110 valence electrons. The van der Waals surface area contributed by atoms with Crippen molar-refractivity contribution in [2.75, 3.05) is 29.0 Å². The molecule has 0 saturated carbocycles. The summed E-state index contributed by atoms with van der Waals surface area (Å²) in [4.78, 5) is 13.7. The zero-order valence-electron chi connectivity index (χ0n) is 12.9. The maximum atomic E-state index is 11.3. The number of piperidine rings is 1. The van der Waals surface area contributed by atoms with Gasteiger partial charge in [-0.3, -0.25) is 4.79 Å². The highest BCUT2D eigenvalue weighted by molar-refractivity contribution is 5.93. The molecule has 3 N–H and O–H groups in total. The molecule has 2 atom stereocenters. The summed E-state index contributed by atoms with van der Waals surface area (Å²) >= 11 is 0. The molecular weight excluding hydrogens is 250 g/mol. The topological polar surface area (TPSA) is 58.4 Å².